The van der Waals surface area contributed by atoms with E-state index >= 15 is 0 Å². The van der Waals surface area contributed by atoms with Crippen molar-refractivity contribution < 1.29 is 19.1 Å². The smallest absolute Gasteiger partial charge is 0.358 e. The van der Waals surface area contributed by atoms with E-state index in [4.69, 9.17) is 4.74 Å². The van der Waals surface area contributed by atoms with Crippen LogP contribution < -0.4 is 10.6 Å². The topological polar surface area (TPSA) is 97.4 Å². The minimum Gasteiger partial charge on any atom is -0.448 e. The lowest BCUT2D eigenvalue weighted by molar-refractivity contribution is -0.127. The zero-order valence-corrected chi connectivity index (χ0v) is 16.8. The van der Waals surface area contributed by atoms with Gasteiger partial charge in [-0.25, -0.2) is 14.6 Å². The fourth-order valence-electron chi connectivity index (χ4n) is 2.06. The number of esters is 1. The summed E-state index contributed by atoms with van der Waals surface area (Å²) in [5.74, 6) is -1.43. The third kappa shape index (κ3) is 6.18. The number of aryl methyl sites for hydroxylation is 1. The first-order valence-corrected chi connectivity index (χ1v) is 9.29. The first kappa shape index (κ1) is 20.6. The summed E-state index contributed by atoms with van der Waals surface area (Å²) in [5, 5.41) is 7.00. The van der Waals surface area contributed by atoms with Crippen molar-refractivity contribution in [3.63, 3.8) is 0 Å². The Morgan fingerprint density at radius 1 is 1.15 bits per heavy atom. The van der Waals surface area contributed by atoms with Crippen molar-refractivity contribution in [3.05, 3.63) is 40.9 Å². The Hall–Kier alpha value is -2.74. The van der Waals surface area contributed by atoms with Gasteiger partial charge in [0.2, 0.25) is 0 Å². The number of carbonyl (C=O) groups excluding carboxylic acids is 3. The van der Waals surface area contributed by atoms with Crippen LogP contribution >= 0.6 is 11.3 Å². The molecule has 8 heteroatoms. The third-order valence-corrected chi connectivity index (χ3v) is 4.28. The van der Waals surface area contributed by atoms with Gasteiger partial charge in [-0.3, -0.25) is 10.1 Å². The Morgan fingerprint density at radius 2 is 1.78 bits per heavy atom. The molecule has 0 saturated heterocycles. The summed E-state index contributed by atoms with van der Waals surface area (Å²) in [6, 6.07) is 7.12. The number of carbonyl (C=O) groups is 3. The van der Waals surface area contributed by atoms with E-state index in [1.165, 1.54) is 18.3 Å². The second-order valence-corrected chi connectivity index (χ2v) is 8.00. The number of hydrogen-bond acceptors (Lipinski definition) is 6. The highest BCUT2D eigenvalue weighted by molar-refractivity contribution is 7.13. The van der Waals surface area contributed by atoms with Gasteiger partial charge in [0.15, 0.2) is 11.8 Å². The molecular formula is C19H23N3O4S. The molecular weight excluding hydrogens is 366 g/mol. The SMILES string of the molecule is Cc1ccc(-c2nc(C(=O)OC(C)C(=O)NC(=O)NC(C)(C)C)cs2)cc1. The van der Waals surface area contributed by atoms with Crippen LogP contribution in [-0.2, 0) is 9.53 Å². The van der Waals surface area contributed by atoms with Crippen LogP contribution in [0.25, 0.3) is 10.6 Å². The number of hydrogen-bond donors (Lipinski definition) is 2. The van der Waals surface area contributed by atoms with E-state index in [0.717, 1.165) is 11.1 Å². The summed E-state index contributed by atoms with van der Waals surface area (Å²) in [5.41, 5.74) is 1.66. The summed E-state index contributed by atoms with van der Waals surface area (Å²) in [6.07, 6.45) is -1.13. The highest BCUT2D eigenvalue weighted by Gasteiger charge is 2.23. The monoisotopic (exact) mass is 389 g/mol. The molecule has 1 atom stereocenters. The van der Waals surface area contributed by atoms with Gasteiger partial charge in [-0.05, 0) is 34.6 Å². The number of urea groups is 1. The van der Waals surface area contributed by atoms with Crippen molar-refractivity contribution in [2.24, 2.45) is 0 Å². The van der Waals surface area contributed by atoms with Crippen molar-refractivity contribution in [1.29, 1.82) is 0 Å². The summed E-state index contributed by atoms with van der Waals surface area (Å²) in [6.45, 7) is 8.74. The second-order valence-electron chi connectivity index (χ2n) is 7.14. The van der Waals surface area contributed by atoms with Crippen LogP contribution in [0.15, 0.2) is 29.6 Å². The molecule has 0 fully saturated rings. The quantitative estimate of drug-likeness (QED) is 0.782. The van der Waals surface area contributed by atoms with E-state index in [9.17, 15) is 14.4 Å². The lowest BCUT2D eigenvalue weighted by atomic mass is 10.1. The van der Waals surface area contributed by atoms with Gasteiger partial charge in [-0.2, -0.15) is 0 Å². The van der Waals surface area contributed by atoms with Gasteiger partial charge in [0.05, 0.1) is 0 Å². The first-order valence-electron chi connectivity index (χ1n) is 8.42. The predicted molar refractivity (Wildman–Crippen MR) is 104 cm³/mol. The second kappa shape index (κ2) is 8.30. The average Bonchev–Trinajstić information content (AvgIpc) is 3.03. The van der Waals surface area contributed by atoms with E-state index < -0.39 is 29.6 Å². The van der Waals surface area contributed by atoms with Crippen LogP contribution in [0.1, 0.15) is 43.7 Å². The van der Waals surface area contributed by atoms with Crippen LogP contribution in [0.5, 0.6) is 0 Å². The molecule has 27 heavy (non-hydrogen) atoms. The molecule has 0 bridgehead atoms. The van der Waals surface area contributed by atoms with Gasteiger partial charge < -0.3 is 10.1 Å². The molecule has 0 radical (unpaired) electrons. The van der Waals surface area contributed by atoms with Gasteiger partial charge in [0.1, 0.15) is 5.01 Å². The van der Waals surface area contributed by atoms with E-state index in [2.05, 4.69) is 15.6 Å². The van der Waals surface area contributed by atoms with Gasteiger partial charge in [-0.15, -0.1) is 11.3 Å². The number of nitrogens with one attached hydrogen (secondary N) is 2. The molecule has 2 rings (SSSR count). The maximum atomic E-state index is 12.2. The molecule has 0 saturated carbocycles. The molecule has 0 aliphatic rings. The molecule has 0 aliphatic carbocycles. The minimum absolute atomic E-state index is 0.120. The number of rotatable bonds is 4. The number of nitrogens with zero attached hydrogens (tertiary/aromatic N) is 1. The van der Waals surface area contributed by atoms with Crippen molar-refractivity contribution >= 4 is 29.2 Å². The molecule has 2 N–H and O–H groups in total. The molecule has 0 spiro atoms. The van der Waals surface area contributed by atoms with Gasteiger partial charge >= 0.3 is 12.0 Å². The third-order valence-electron chi connectivity index (χ3n) is 3.39. The van der Waals surface area contributed by atoms with Crippen LogP contribution in [0, 0.1) is 6.92 Å². The Morgan fingerprint density at radius 3 is 2.37 bits per heavy atom. The van der Waals surface area contributed by atoms with E-state index in [1.807, 2.05) is 31.2 Å². The lowest BCUT2D eigenvalue weighted by Crippen LogP contribution is -2.50. The van der Waals surface area contributed by atoms with Gasteiger partial charge in [0, 0.05) is 16.5 Å². The van der Waals surface area contributed by atoms with E-state index in [0.29, 0.717) is 5.01 Å². The van der Waals surface area contributed by atoms with Crippen molar-refractivity contribution in [3.8, 4) is 10.6 Å². The Balaban J connectivity index is 1.95. The van der Waals surface area contributed by atoms with Crippen molar-refractivity contribution in [1.82, 2.24) is 15.6 Å². The number of amides is 3. The number of imide groups is 1. The molecule has 1 heterocycles. The Kier molecular flexibility index (Phi) is 6.32. The fraction of sp³-hybridized carbons (Fsp3) is 0.368. The molecule has 1 unspecified atom stereocenters. The maximum absolute atomic E-state index is 12.2. The van der Waals surface area contributed by atoms with E-state index in [-0.39, 0.29) is 5.69 Å². The predicted octanol–water partition coefficient (Wildman–Crippen LogP) is 3.29. The lowest BCUT2D eigenvalue weighted by Gasteiger charge is -2.21. The standard InChI is InChI=1S/C19H23N3O4S/c1-11-6-8-13(9-7-11)16-20-14(10-27-16)17(24)26-12(2)15(23)21-18(25)22-19(3,4)5/h6-10,12H,1-5H3,(H2,21,22,23,25). The van der Waals surface area contributed by atoms with Crippen LogP contribution in [0.3, 0.4) is 0 Å². The number of benzene rings is 1. The zero-order valence-electron chi connectivity index (χ0n) is 16.0. The Bertz CT molecular complexity index is 837. The number of thiazole rings is 1. The summed E-state index contributed by atoms with van der Waals surface area (Å²) < 4.78 is 5.11. The molecule has 2 aromatic rings. The summed E-state index contributed by atoms with van der Waals surface area (Å²) in [4.78, 5) is 40.2. The number of ether oxygens (including phenoxy) is 1. The normalized spacial score (nSPS) is 12.2. The summed E-state index contributed by atoms with van der Waals surface area (Å²) >= 11 is 1.31. The first-order chi connectivity index (χ1) is 12.5. The van der Waals surface area contributed by atoms with Crippen LogP contribution in [-0.4, -0.2) is 34.5 Å². The largest absolute Gasteiger partial charge is 0.448 e. The zero-order chi connectivity index (χ0) is 20.2. The van der Waals surface area contributed by atoms with Crippen LogP contribution in [0.2, 0.25) is 0 Å². The molecule has 1 aromatic heterocycles. The Labute approximate surface area is 162 Å². The minimum atomic E-state index is -1.13. The van der Waals surface area contributed by atoms with Crippen LogP contribution in [0.4, 0.5) is 4.79 Å². The maximum Gasteiger partial charge on any atom is 0.358 e. The van der Waals surface area contributed by atoms with Crippen molar-refractivity contribution in [2.45, 2.75) is 46.3 Å². The summed E-state index contributed by atoms with van der Waals surface area (Å²) in [7, 11) is 0. The van der Waals surface area contributed by atoms with Crippen molar-refractivity contribution in [2.75, 3.05) is 0 Å². The molecule has 3 amide bonds. The highest BCUT2D eigenvalue weighted by Crippen LogP contribution is 2.24. The molecule has 7 nitrogen and oxygen atoms in total. The van der Waals surface area contributed by atoms with Gasteiger partial charge in [-0.1, -0.05) is 29.8 Å². The number of aromatic nitrogens is 1. The molecule has 0 aliphatic heterocycles. The average molecular weight is 389 g/mol. The molecule has 144 valence electrons. The van der Waals surface area contributed by atoms with E-state index in [1.54, 1.807) is 26.2 Å². The van der Waals surface area contributed by atoms with Gasteiger partial charge in [0.25, 0.3) is 5.91 Å². The highest BCUT2D eigenvalue weighted by atomic mass is 32.1. The molecule has 1 aromatic carbocycles. The fourth-order valence-corrected chi connectivity index (χ4v) is 2.85.